The molecule has 0 saturated carbocycles. The minimum absolute atomic E-state index is 0.156. The van der Waals surface area contributed by atoms with E-state index < -0.39 is 11.6 Å². The van der Waals surface area contributed by atoms with E-state index in [1.165, 1.54) is 36.4 Å². The molecule has 0 aliphatic carbocycles. The summed E-state index contributed by atoms with van der Waals surface area (Å²) in [4.78, 5) is 4.54. The van der Waals surface area contributed by atoms with Crippen molar-refractivity contribution in [3.63, 3.8) is 0 Å². The second-order valence-electron chi connectivity index (χ2n) is 6.54. The molecule has 0 N–H and O–H groups in total. The maximum Gasteiger partial charge on any atom is 0.123 e. The van der Waals surface area contributed by atoms with E-state index in [2.05, 4.69) is 17.1 Å². The van der Waals surface area contributed by atoms with Gasteiger partial charge < -0.3 is 0 Å². The normalized spacial score (nSPS) is 10.3. The quantitative estimate of drug-likeness (QED) is 0.422. The van der Waals surface area contributed by atoms with Gasteiger partial charge in [-0.15, -0.1) is 0 Å². The van der Waals surface area contributed by atoms with E-state index in [0.29, 0.717) is 22.3 Å². The van der Waals surface area contributed by atoms with Crippen LogP contribution in [0.1, 0.15) is 11.1 Å². The zero-order valence-electron chi connectivity index (χ0n) is 15.6. The summed E-state index contributed by atoms with van der Waals surface area (Å²) < 4.78 is 27.8. The highest BCUT2D eigenvalue weighted by Crippen LogP contribution is 2.38. The number of benzene rings is 3. The first-order valence-electron chi connectivity index (χ1n) is 9.08. The van der Waals surface area contributed by atoms with Gasteiger partial charge in [0.05, 0.1) is 22.5 Å². The van der Waals surface area contributed by atoms with Gasteiger partial charge in [0.15, 0.2) is 0 Å². The van der Waals surface area contributed by atoms with Gasteiger partial charge >= 0.3 is 0 Å². The number of hydrogen-bond acceptors (Lipinski definition) is 3. The van der Waals surface area contributed by atoms with Gasteiger partial charge in [0, 0.05) is 16.7 Å². The maximum atomic E-state index is 13.9. The molecule has 4 rings (SSSR count). The van der Waals surface area contributed by atoms with Gasteiger partial charge in [-0.05, 0) is 29.8 Å². The Labute approximate surface area is 172 Å². The molecule has 0 bridgehead atoms. The number of rotatable bonds is 3. The van der Waals surface area contributed by atoms with Gasteiger partial charge in [-0.25, -0.2) is 13.8 Å². The Kier molecular flexibility index (Phi) is 5.03. The van der Waals surface area contributed by atoms with Crippen LogP contribution in [0.15, 0.2) is 78.9 Å². The molecule has 0 aliphatic rings. The predicted octanol–water partition coefficient (Wildman–Crippen LogP) is 6.10. The van der Waals surface area contributed by atoms with Crippen LogP contribution < -0.4 is 0 Å². The number of aromatic nitrogens is 1. The maximum absolute atomic E-state index is 13.9. The van der Waals surface area contributed by atoms with Gasteiger partial charge in [-0.2, -0.15) is 10.5 Å². The Morgan fingerprint density at radius 2 is 1.07 bits per heavy atom. The van der Waals surface area contributed by atoms with Gasteiger partial charge in [-0.1, -0.05) is 54.6 Å². The van der Waals surface area contributed by atoms with Crippen LogP contribution in [-0.4, -0.2) is 4.98 Å². The van der Waals surface area contributed by atoms with Crippen LogP contribution in [-0.2, 0) is 0 Å². The van der Waals surface area contributed by atoms with Gasteiger partial charge in [0.25, 0.3) is 0 Å². The number of nitrogens with zero attached hydrogens (tertiary/aromatic N) is 3. The summed E-state index contributed by atoms with van der Waals surface area (Å²) in [5, 5.41) is 19.9. The van der Waals surface area contributed by atoms with Crippen molar-refractivity contribution in [3.05, 3.63) is 102 Å². The van der Waals surface area contributed by atoms with E-state index in [9.17, 15) is 19.3 Å². The molecule has 0 aliphatic heterocycles. The van der Waals surface area contributed by atoms with Gasteiger partial charge in [0.1, 0.15) is 23.8 Å². The lowest BCUT2D eigenvalue weighted by molar-refractivity contribution is 0.628. The van der Waals surface area contributed by atoms with Crippen LogP contribution in [0.3, 0.4) is 0 Å². The second kappa shape index (κ2) is 7.95. The van der Waals surface area contributed by atoms with E-state index in [-0.39, 0.29) is 22.5 Å². The Hall–Kier alpha value is -4.35. The summed E-state index contributed by atoms with van der Waals surface area (Å²) >= 11 is 0. The van der Waals surface area contributed by atoms with Crippen molar-refractivity contribution in [2.75, 3.05) is 0 Å². The monoisotopic (exact) mass is 393 g/mol. The Bertz CT molecular complexity index is 1250. The van der Waals surface area contributed by atoms with E-state index in [1.54, 1.807) is 36.4 Å². The van der Waals surface area contributed by atoms with Crippen molar-refractivity contribution in [1.82, 2.24) is 4.98 Å². The zero-order chi connectivity index (χ0) is 21.1. The molecule has 3 nitrogen and oxygen atoms in total. The summed E-state index contributed by atoms with van der Waals surface area (Å²) in [6.07, 6.45) is 0. The average Bonchev–Trinajstić information content (AvgIpc) is 2.78. The van der Waals surface area contributed by atoms with E-state index >= 15 is 0 Å². The van der Waals surface area contributed by atoms with Crippen molar-refractivity contribution < 1.29 is 8.78 Å². The minimum Gasteiger partial charge on any atom is -0.245 e. The summed E-state index contributed by atoms with van der Waals surface area (Å²) in [5.74, 6) is -0.952. The molecule has 1 aromatic heterocycles. The first-order valence-corrected chi connectivity index (χ1v) is 9.08. The first kappa shape index (κ1) is 19.0. The number of halogens is 2. The Balaban J connectivity index is 2.16. The average molecular weight is 393 g/mol. The molecule has 0 amide bonds. The standard InChI is InChI=1S/C25H13F2N3/c26-19-10-4-8-17(12-19)24-21(14-28)23(16-6-2-1-3-7-16)22(15-29)25(30-24)18-9-5-11-20(27)13-18/h1-13H. The third kappa shape index (κ3) is 3.41. The van der Waals surface area contributed by atoms with Crippen molar-refractivity contribution in [2.45, 2.75) is 0 Å². The molecule has 142 valence electrons. The number of nitriles is 2. The van der Waals surface area contributed by atoms with Crippen molar-refractivity contribution in [1.29, 1.82) is 10.5 Å². The molecule has 0 atom stereocenters. The third-order valence-corrected chi connectivity index (χ3v) is 4.68. The molecule has 0 unspecified atom stereocenters. The van der Waals surface area contributed by atoms with E-state index in [1.807, 2.05) is 6.07 Å². The lowest BCUT2D eigenvalue weighted by atomic mass is 9.89. The number of pyridine rings is 1. The van der Waals surface area contributed by atoms with Crippen molar-refractivity contribution in [3.8, 4) is 45.8 Å². The fourth-order valence-electron chi connectivity index (χ4n) is 3.39. The van der Waals surface area contributed by atoms with E-state index in [0.717, 1.165) is 0 Å². The highest BCUT2D eigenvalue weighted by atomic mass is 19.1. The zero-order valence-corrected chi connectivity index (χ0v) is 15.6. The largest absolute Gasteiger partial charge is 0.245 e. The van der Waals surface area contributed by atoms with E-state index in [4.69, 9.17) is 0 Å². The fraction of sp³-hybridized carbons (Fsp3) is 0. The predicted molar refractivity (Wildman–Crippen MR) is 110 cm³/mol. The molecule has 0 radical (unpaired) electrons. The van der Waals surface area contributed by atoms with Crippen LogP contribution in [0.25, 0.3) is 33.6 Å². The smallest absolute Gasteiger partial charge is 0.123 e. The minimum atomic E-state index is -0.476. The second-order valence-corrected chi connectivity index (χ2v) is 6.54. The van der Waals surface area contributed by atoms with Gasteiger partial charge in [-0.3, -0.25) is 0 Å². The van der Waals surface area contributed by atoms with Crippen LogP contribution in [0.4, 0.5) is 8.78 Å². The van der Waals surface area contributed by atoms with Crippen molar-refractivity contribution in [2.24, 2.45) is 0 Å². The molecule has 3 aromatic carbocycles. The third-order valence-electron chi connectivity index (χ3n) is 4.68. The molecule has 0 saturated heterocycles. The topological polar surface area (TPSA) is 60.5 Å². The molecule has 1 heterocycles. The highest BCUT2D eigenvalue weighted by molar-refractivity contribution is 5.89. The van der Waals surface area contributed by atoms with Crippen molar-refractivity contribution >= 4 is 0 Å². The Morgan fingerprint density at radius 1 is 0.600 bits per heavy atom. The van der Waals surface area contributed by atoms with Gasteiger partial charge in [0.2, 0.25) is 0 Å². The number of hydrogen-bond donors (Lipinski definition) is 0. The molecule has 4 aromatic rings. The molecule has 30 heavy (non-hydrogen) atoms. The fourth-order valence-corrected chi connectivity index (χ4v) is 3.39. The summed E-state index contributed by atoms with van der Waals surface area (Å²) in [7, 11) is 0. The summed E-state index contributed by atoms with van der Waals surface area (Å²) in [6, 6.07) is 24.7. The molecular formula is C25H13F2N3. The molecule has 5 heteroatoms. The molecule has 0 fully saturated rings. The molecule has 0 spiro atoms. The first-order chi connectivity index (χ1) is 14.6. The van der Waals surface area contributed by atoms with Crippen LogP contribution in [0, 0.1) is 34.3 Å². The highest BCUT2D eigenvalue weighted by Gasteiger charge is 2.23. The van der Waals surface area contributed by atoms with Crippen LogP contribution >= 0.6 is 0 Å². The summed E-state index contributed by atoms with van der Waals surface area (Å²) in [5.41, 5.74) is 2.59. The molecular weight excluding hydrogens is 380 g/mol. The Morgan fingerprint density at radius 3 is 1.50 bits per heavy atom. The SMILES string of the molecule is N#Cc1c(-c2cccc(F)c2)nc(-c2cccc(F)c2)c(C#N)c1-c1ccccc1. The van der Waals surface area contributed by atoms with Crippen LogP contribution in [0.2, 0.25) is 0 Å². The lowest BCUT2D eigenvalue weighted by Gasteiger charge is -2.16. The lowest BCUT2D eigenvalue weighted by Crippen LogP contribution is -2.02. The van der Waals surface area contributed by atoms with Crippen LogP contribution in [0.5, 0.6) is 0 Å². The summed E-state index contributed by atoms with van der Waals surface area (Å²) in [6.45, 7) is 0.